The van der Waals surface area contributed by atoms with Gasteiger partial charge in [0, 0.05) is 5.92 Å². The average molecular weight is 134 g/mol. The second-order valence-corrected chi connectivity index (χ2v) is 3.07. The van der Waals surface area contributed by atoms with Crippen LogP contribution in [-0.4, -0.2) is 5.78 Å². The summed E-state index contributed by atoms with van der Waals surface area (Å²) in [5, 5.41) is 0. The third-order valence-electron chi connectivity index (χ3n) is 2.32. The van der Waals surface area contributed by atoms with Gasteiger partial charge in [0.1, 0.15) is 0 Å². The molecule has 2 bridgehead atoms. The second kappa shape index (κ2) is 1.82. The number of hydrogen-bond acceptors (Lipinski definition) is 1. The smallest absolute Gasteiger partial charge is 0.156 e. The molecule has 0 amide bonds. The van der Waals surface area contributed by atoms with Crippen LogP contribution in [-0.2, 0) is 4.79 Å². The molecule has 0 aromatic carbocycles. The van der Waals surface area contributed by atoms with Crippen LogP contribution in [0.4, 0.5) is 0 Å². The summed E-state index contributed by atoms with van der Waals surface area (Å²) in [5.74, 6) is 1.28. The molecule has 1 nitrogen and oxygen atoms in total. The van der Waals surface area contributed by atoms with Crippen molar-refractivity contribution in [3.05, 3.63) is 23.8 Å². The first-order chi connectivity index (χ1) is 4.77. The van der Waals surface area contributed by atoms with Crippen LogP contribution in [0.2, 0.25) is 0 Å². The monoisotopic (exact) mass is 134 g/mol. The lowest BCUT2D eigenvalue weighted by Crippen LogP contribution is -2.02. The van der Waals surface area contributed by atoms with Gasteiger partial charge in [-0.3, -0.25) is 4.79 Å². The predicted molar refractivity (Wildman–Crippen MR) is 39.5 cm³/mol. The molecule has 1 heteroatoms. The van der Waals surface area contributed by atoms with E-state index in [-0.39, 0.29) is 5.78 Å². The molecule has 2 rings (SSSR count). The molecular formula is C9H10O. The highest BCUT2D eigenvalue weighted by Gasteiger charge is 2.29. The summed E-state index contributed by atoms with van der Waals surface area (Å²) in [6, 6.07) is 0. The minimum absolute atomic E-state index is 0.247. The van der Waals surface area contributed by atoms with Crippen molar-refractivity contribution in [1.82, 2.24) is 0 Å². The summed E-state index contributed by atoms with van der Waals surface area (Å²) in [5.41, 5.74) is 1.03. The first-order valence-electron chi connectivity index (χ1n) is 3.68. The topological polar surface area (TPSA) is 17.1 Å². The molecule has 0 radical (unpaired) electrons. The fourth-order valence-electron chi connectivity index (χ4n) is 1.81. The Morgan fingerprint density at radius 2 is 2.40 bits per heavy atom. The average Bonchev–Trinajstić information content (AvgIpc) is 2.44. The van der Waals surface area contributed by atoms with Crippen molar-refractivity contribution in [2.24, 2.45) is 11.8 Å². The SMILES string of the molecule is CC(=O)C1=CC2C=CC1C2. The van der Waals surface area contributed by atoms with Crippen LogP contribution in [0.25, 0.3) is 0 Å². The fourth-order valence-corrected chi connectivity index (χ4v) is 1.81. The lowest BCUT2D eigenvalue weighted by atomic mass is 10.0. The van der Waals surface area contributed by atoms with E-state index < -0.39 is 0 Å². The van der Waals surface area contributed by atoms with E-state index in [2.05, 4.69) is 18.2 Å². The van der Waals surface area contributed by atoms with Crippen molar-refractivity contribution in [2.45, 2.75) is 13.3 Å². The molecule has 52 valence electrons. The molecule has 2 aliphatic rings. The highest BCUT2D eigenvalue weighted by atomic mass is 16.1. The molecule has 2 atom stereocenters. The predicted octanol–water partition coefficient (Wildman–Crippen LogP) is 1.71. The van der Waals surface area contributed by atoms with Crippen molar-refractivity contribution in [3.8, 4) is 0 Å². The molecule has 0 aliphatic heterocycles. The third kappa shape index (κ3) is 0.666. The molecule has 0 heterocycles. The minimum atomic E-state index is 0.247. The Labute approximate surface area is 60.4 Å². The van der Waals surface area contributed by atoms with Crippen LogP contribution in [0.3, 0.4) is 0 Å². The molecule has 2 unspecified atom stereocenters. The van der Waals surface area contributed by atoms with E-state index in [1.807, 2.05) is 0 Å². The number of carbonyl (C=O) groups is 1. The Kier molecular flexibility index (Phi) is 1.07. The van der Waals surface area contributed by atoms with Gasteiger partial charge < -0.3 is 0 Å². The van der Waals surface area contributed by atoms with E-state index in [4.69, 9.17) is 0 Å². The van der Waals surface area contributed by atoms with Gasteiger partial charge in [-0.05, 0) is 24.8 Å². The number of fused-ring (bicyclic) bond motifs is 2. The molecule has 0 fully saturated rings. The van der Waals surface area contributed by atoms with Crippen molar-refractivity contribution >= 4 is 5.78 Å². The summed E-state index contributed by atoms with van der Waals surface area (Å²) in [7, 11) is 0. The van der Waals surface area contributed by atoms with Crippen LogP contribution < -0.4 is 0 Å². The van der Waals surface area contributed by atoms with Gasteiger partial charge in [-0.2, -0.15) is 0 Å². The summed E-state index contributed by atoms with van der Waals surface area (Å²) in [6.45, 7) is 1.65. The number of ketones is 1. The zero-order chi connectivity index (χ0) is 7.14. The summed E-state index contributed by atoms with van der Waals surface area (Å²) >= 11 is 0. The van der Waals surface area contributed by atoms with Crippen LogP contribution in [0.15, 0.2) is 23.8 Å². The van der Waals surface area contributed by atoms with Crippen molar-refractivity contribution < 1.29 is 4.79 Å². The highest BCUT2D eigenvalue weighted by Crippen LogP contribution is 2.38. The van der Waals surface area contributed by atoms with E-state index in [0.29, 0.717) is 11.8 Å². The Balaban J connectivity index is 2.29. The molecule has 0 saturated carbocycles. The van der Waals surface area contributed by atoms with Crippen LogP contribution in [0.1, 0.15) is 13.3 Å². The molecular weight excluding hydrogens is 124 g/mol. The van der Waals surface area contributed by atoms with Gasteiger partial charge >= 0.3 is 0 Å². The maximum Gasteiger partial charge on any atom is 0.156 e. The van der Waals surface area contributed by atoms with Gasteiger partial charge in [0.2, 0.25) is 0 Å². The first-order valence-corrected chi connectivity index (χ1v) is 3.68. The van der Waals surface area contributed by atoms with E-state index in [1.54, 1.807) is 6.92 Å². The van der Waals surface area contributed by atoms with E-state index in [0.717, 1.165) is 12.0 Å². The van der Waals surface area contributed by atoms with Crippen molar-refractivity contribution in [2.75, 3.05) is 0 Å². The molecule has 2 aliphatic carbocycles. The Bertz CT molecular complexity index is 235. The van der Waals surface area contributed by atoms with Gasteiger partial charge in [-0.25, -0.2) is 0 Å². The summed E-state index contributed by atoms with van der Waals surface area (Å²) in [6.07, 6.45) is 7.60. The maximum atomic E-state index is 10.9. The van der Waals surface area contributed by atoms with Gasteiger partial charge in [0.15, 0.2) is 5.78 Å². The van der Waals surface area contributed by atoms with Gasteiger partial charge in [0.25, 0.3) is 0 Å². The molecule has 0 spiro atoms. The van der Waals surface area contributed by atoms with Gasteiger partial charge in [-0.15, -0.1) is 0 Å². The maximum absolute atomic E-state index is 10.9. The Hall–Kier alpha value is -0.850. The fraction of sp³-hybridized carbons (Fsp3) is 0.444. The van der Waals surface area contributed by atoms with Crippen LogP contribution >= 0.6 is 0 Å². The highest BCUT2D eigenvalue weighted by molar-refractivity contribution is 5.95. The van der Waals surface area contributed by atoms with Gasteiger partial charge in [0.05, 0.1) is 0 Å². The Morgan fingerprint density at radius 3 is 2.70 bits per heavy atom. The minimum Gasteiger partial charge on any atom is -0.295 e. The molecule has 0 N–H and O–H groups in total. The Morgan fingerprint density at radius 1 is 1.60 bits per heavy atom. The summed E-state index contributed by atoms with van der Waals surface area (Å²) < 4.78 is 0. The molecule has 10 heavy (non-hydrogen) atoms. The molecule has 0 aromatic rings. The normalized spacial score (nSPS) is 34.7. The van der Waals surface area contributed by atoms with E-state index in [9.17, 15) is 4.79 Å². The largest absolute Gasteiger partial charge is 0.295 e. The molecule has 0 saturated heterocycles. The number of allylic oxidation sites excluding steroid dienone is 4. The number of rotatable bonds is 1. The zero-order valence-electron chi connectivity index (χ0n) is 6.00. The number of hydrogen-bond donors (Lipinski definition) is 0. The van der Waals surface area contributed by atoms with Crippen LogP contribution in [0, 0.1) is 11.8 Å². The summed E-state index contributed by atoms with van der Waals surface area (Å²) in [4.78, 5) is 10.9. The standard InChI is InChI=1S/C9H10O/c1-6(10)9-5-7-2-3-8(9)4-7/h2-3,5,7-8H,4H2,1H3. The first kappa shape index (κ1) is 5.90. The van der Waals surface area contributed by atoms with E-state index >= 15 is 0 Å². The van der Waals surface area contributed by atoms with Gasteiger partial charge in [-0.1, -0.05) is 18.2 Å². The quantitative estimate of drug-likeness (QED) is 0.499. The molecule has 0 aromatic heterocycles. The zero-order valence-corrected chi connectivity index (χ0v) is 6.00. The number of carbonyl (C=O) groups excluding carboxylic acids is 1. The van der Waals surface area contributed by atoms with E-state index in [1.165, 1.54) is 0 Å². The van der Waals surface area contributed by atoms with Crippen molar-refractivity contribution in [1.29, 1.82) is 0 Å². The number of Topliss-reactive ketones (excluding diaryl/α,β-unsaturated/α-hetero) is 1. The van der Waals surface area contributed by atoms with Crippen molar-refractivity contribution in [3.63, 3.8) is 0 Å². The van der Waals surface area contributed by atoms with Crippen LogP contribution in [0.5, 0.6) is 0 Å². The lowest BCUT2D eigenvalue weighted by Gasteiger charge is -2.03. The second-order valence-electron chi connectivity index (χ2n) is 3.07. The third-order valence-corrected chi connectivity index (χ3v) is 2.32. The lowest BCUT2D eigenvalue weighted by molar-refractivity contribution is -0.113.